The molecule has 2 unspecified atom stereocenters. The van der Waals surface area contributed by atoms with Crippen molar-refractivity contribution >= 4 is 33.3 Å². The van der Waals surface area contributed by atoms with Gasteiger partial charge in [0.1, 0.15) is 0 Å². The van der Waals surface area contributed by atoms with E-state index < -0.39 is 41.9 Å². The molecule has 2 atom stereocenters. The van der Waals surface area contributed by atoms with Gasteiger partial charge in [0.05, 0.1) is 0 Å². The van der Waals surface area contributed by atoms with E-state index in [4.69, 9.17) is 0 Å². The third-order valence-electron chi connectivity index (χ3n) is 8.25. The third kappa shape index (κ3) is 6.27. The van der Waals surface area contributed by atoms with E-state index >= 15 is 0 Å². The average molecular weight is 831 g/mol. The molecule has 0 nitrogen and oxygen atoms in total. The van der Waals surface area contributed by atoms with E-state index in [1.165, 1.54) is 24.0 Å². The Kier molecular flexibility index (Phi) is 12.7. The predicted octanol–water partition coefficient (Wildman–Crippen LogP) is 9.12. The summed E-state index contributed by atoms with van der Waals surface area (Å²) in [6.07, 6.45) is 15.9. The monoisotopic (exact) mass is 832 g/mol. The van der Waals surface area contributed by atoms with Crippen molar-refractivity contribution in [3.63, 3.8) is 0 Å². The minimum atomic E-state index is -1.90. The fourth-order valence-corrected chi connectivity index (χ4v) is 22.5. The van der Waals surface area contributed by atoms with Gasteiger partial charge in [-0.15, -0.1) is 24.8 Å². The van der Waals surface area contributed by atoms with E-state index in [1.54, 1.807) is 35.6 Å². The van der Waals surface area contributed by atoms with Gasteiger partial charge in [-0.05, 0) is 0 Å². The Bertz CT molecular complexity index is 1040. The molecule has 4 rings (SSSR count). The molecule has 0 heterocycles. The van der Waals surface area contributed by atoms with Crippen LogP contribution in [0.3, 0.4) is 0 Å². The Hall–Kier alpha value is -0.0197. The summed E-state index contributed by atoms with van der Waals surface area (Å²) in [6, 6.07) is 0. The first-order valence-electron chi connectivity index (χ1n) is 12.0. The summed E-state index contributed by atoms with van der Waals surface area (Å²) in [5.74, 6) is 1.34. The van der Waals surface area contributed by atoms with Crippen molar-refractivity contribution in [2.75, 3.05) is 0 Å². The van der Waals surface area contributed by atoms with Gasteiger partial charge < -0.3 is 0 Å². The van der Waals surface area contributed by atoms with E-state index in [1.807, 2.05) is 0 Å². The molecule has 0 N–H and O–H groups in total. The zero-order valence-electron chi connectivity index (χ0n) is 22.3. The van der Waals surface area contributed by atoms with Crippen molar-refractivity contribution in [3.8, 4) is 0 Å². The third-order valence-corrected chi connectivity index (χ3v) is 27.0. The number of hydrogen-bond acceptors (Lipinski definition) is 0. The van der Waals surface area contributed by atoms with Gasteiger partial charge in [0.2, 0.25) is 0 Å². The summed E-state index contributed by atoms with van der Waals surface area (Å²) >= 11 is -3.80. The van der Waals surface area contributed by atoms with Crippen molar-refractivity contribution in [1.29, 1.82) is 0 Å². The normalized spacial score (nSPS) is 23.1. The number of halogens is 2. The summed E-state index contributed by atoms with van der Waals surface area (Å²) < 4.78 is 16.0. The molecule has 4 aliphatic rings. The molecule has 0 bridgehead atoms. The van der Waals surface area contributed by atoms with Crippen LogP contribution in [0.1, 0.15) is 68.2 Å². The zero-order valence-corrected chi connectivity index (χ0v) is 31.1. The van der Waals surface area contributed by atoms with E-state index in [0.717, 1.165) is 0 Å². The Morgan fingerprint density at radius 1 is 0.618 bits per heavy atom. The number of hydrogen-bond donors (Lipinski definition) is 0. The summed E-state index contributed by atoms with van der Waals surface area (Å²) in [5.41, 5.74) is 9.33. The minimum absolute atomic E-state index is 0. The molecule has 4 aliphatic carbocycles. The van der Waals surface area contributed by atoms with E-state index in [-0.39, 0.29) is 24.8 Å². The van der Waals surface area contributed by atoms with Gasteiger partial charge in [-0.1, -0.05) is 0 Å². The molecule has 0 amide bonds. The SMILES string of the molecule is Cl.Cl.[CH2]=[Hf]([C]1=CC=CC1)[C]1=C(C)C(C)=C(C)C1C.[CH2]=[Hf]([C]1=CC=CC1)[C]1=C(C)C(C)=C(C)C1C. The fourth-order valence-electron chi connectivity index (χ4n) is 5.39. The zero-order chi connectivity index (χ0) is 23.7. The van der Waals surface area contributed by atoms with Crippen molar-refractivity contribution in [3.05, 3.63) is 83.2 Å². The number of rotatable bonds is 4. The fraction of sp³-hybridized carbons (Fsp3) is 0.400. The van der Waals surface area contributed by atoms with Crippen molar-refractivity contribution in [1.82, 2.24) is 0 Å². The molecule has 0 saturated heterocycles. The van der Waals surface area contributed by atoms with Gasteiger partial charge in [-0.2, -0.15) is 0 Å². The first-order valence-corrected chi connectivity index (χ1v) is 24.2. The van der Waals surface area contributed by atoms with Crippen LogP contribution in [-0.2, 0) is 41.9 Å². The quantitative estimate of drug-likeness (QED) is 0.248. The van der Waals surface area contributed by atoms with Gasteiger partial charge in [0, 0.05) is 0 Å². The maximum atomic E-state index is 4.59. The van der Waals surface area contributed by atoms with E-state index in [2.05, 4.69) is 100 Å². The Morgan fingerprint density at radius 3 is 1.15 bits per heavy atom. The van der Waals surface area contributed by atoms with E-state index in [0.29, 0.717) is 11.8 Å². The van der Waals surface area contributed by atoms with Gasteiger partial charge >= 0.3 is 214 Å². The summed E-state index contributed by atoms with van der Waals surface area (Å²) in [6.45, 7) is 18.5. The summed E-state index contributed by atoms with van der Waals surface area (Å²) in [7, 11) is 0. The van der Waals surface area contributed by atoms with Crippen LogP contribution in [0, 0.1) is 11.8 Å². The second kappa shape index (κ2) is 13.5. The molecule has 0 saturated carbocycles. The molecule has 0 spiro atoms. The van der Waals surface area contributed by atoms with Crippen LogP contribution in [-0.4, -0.2) is 8.52 Å². The topological polar surface area (TPSA) is 0 Å². The van der Waals surface area contributed by atoms with Crippen molar-refractivity contribution in [2.45, 2.75) is 68.2 Å². The molecular weight excluding hydrogens is 788 g/mol. The first-order chi connectivity index (χ1) is 15.1. The number of allylic oxidation sites excluding steroid dienone is 16. The van der Waals surface area contributed by atoms with Crippen LogP contribution >= 0.6 is 24.8 Å². The van der Waals surface area contributed by atoms with Gasteiger partial charge in [-0.25, -0.2) is 0 Å². The molecule has 0 aliphatic heterocycles. The van der Waals surface area contributed by atoms with E-state index in [9.17, 15) is 0 Å². The van der Waals surface area contributed by atoms with Crippen LogP contribution in [0.25, 0.3) is 0 Å². The molecule has 0 radical (unpaired) electrons. The molecule has 0 aromatic heterocycles. The first kappa shape index (κ1) is 32.0. The Labute approximate surface area is 236 Å². The molecule has 184 valence electrons. The second-order valence-electron chi connectivity index (χ2n) is 9.74. The molecule has 4 heteroatoms. The van der Waals surface area contributed by atoms with Gasteiger partial charge in [0.15, 0.2) is 0 Å². The Balaban J connectivity index is 0.000000321. The van der Waals surface area contributed by atoms with Crippen LogP contribution in [0.2, 0.25) is 0 Å². The van der Waals surface area contributed by atoms with Crippen LogP contribution in [0.4, 0.5) is 0 Å². The Morgan fingerprint density at radius 2 is 0.941 bits per heavy atom. The second-order valence-corrected chi connectivity index (χ2v) is 25.1. The molecule has 0 fully saturated rings. The molecule has 34 heavy (non-hydrogen) atoms. The van der Waals surface area contributed by atoms with Crippen LogP contribution in [0.5, 0.6) is 0 Å². The summed E-state index contributed by atoms with van der Waals surface area (Å²) in [4.78, 5) is 0. The van der Waals surface area contributed by atoms with Crippen molar-refractivity contribution < 1.29 is 41.9 Å². The van der Waals surface area contributed by atoms with Crippen LogP contribution in [0.15, 0.2) is 83.2 Å². The molecular formula is C30H42Cl2Hf2. The summed E-state index contributed by atoms with van der Waals surface area (Å²) in [5, 5.41) is 0. The van der Waals surface area contributed by atoms with Gasteiger partial charge in [-0.3, -0.25) is 0 Å². The average Bonchev–Trinajstić information content (AvgIpc) is 3.56. The predicted molar refractivity (Wildman–Crippen MR) is 153 cm³/mol. The maximum absolute atomic E-state index is 4.59. The standard InChI is InChI=1S/2C9H13.2C5H5.2CH2.2ClH.2Hf/c2*1-6-5-7(2)9(4)8(6)3;2*1-2-4-5-3-1;;;;;;/h2*6H,1-4H3;2*1-3H,4H2;2*1H2;2*1H;;. The van der Waals surface area contributed by atoms with Crippen LogP contribution < -0.4 is 0 Å². The van der Waals surface area contributed by atoms with Gasteiger partial charge in [0.25, 0.3) is 0 Å². The molecule has 0 aromatic carbocycles. The van der Waals surface area contributed by atoms with Crippen molar-refractivity contribution in [2.24, 2.45) is 11.8 Å². The molecule has 0 aromatic rings.